The second-order valence-electron chi connectivity index (χ2n) is 5.31. The Morgan fingerprint density at radius 2 is 1.65 bits per heavy atom. The third kappa shape index (κ3) is 3.13. The van der Waals surface area contributed by atoms with Gasteiger partial charge in [0.1, 0.15) is 5.82 Å². The second-order valence-corrected chi connectivity index (χ2v) is 5.72. The molecule has 1 N–H and O–H groups in total. The fourth-order valence-electron chi connectivity index (χ4n) is 2.49. The van der Waals surface area contributed by atoms with Crippen LogP contribution in [0.3, 0.4) is 0 Å². The monoisotopic (exact) mass is 291 g/mol. The van der Waals surface area contributed by atoms with Gasteiger partial charge >= 0.3 is 0 Å². The van der Waals surface area contributed by atoms with Gasteiger partial charge in [-0.1, -0.05) is 35.4 Å². The lowest BCUT2D eigenvalue weighted by Crippen LogP contribution is -2.09. The van der Waals surface area contributed by atoms with Gasteiger partial charge in [-0.3, -0.25) is 0 Å². The van der Waals surface area contributed by atoms with E-state index in [4.69, 9.17) is 11.6 Å². The van der Waals surface area contributed by atoms with E-state index in [1.807, 2.05) is 13.0 Å². The van der Waals surface area contributed by atoms with Crippen molar-refractivity contribution in [1.82, 2.24) is 0 Å². The molecule has 0 aliphatic carbocycles. The maximum Gasteiger partial charge on any atom is 0.142 e. The predicted molar refractivity (Wildman–Crippen MR) is 84.1 cm³/mol. The third-order valence-electron chi connectivity index (χ3n) is 3.48. The molecule has 0 fully saturated rings. The van der Waals surface area contributed by atoms with Gasteiger partial charge in [0.25, 0.3) is 0 Å². The molecule has 0 aliphatic heterocycles. The summed E-state index contributed by atoms with van der Waals surface area (Å²) >= 11 is 5.72. The van der Waals surface area contributed by atoms with Gasteiger partial charge in [0, 0.05) is 11.7 Å². The molecule has 2 aromatic rings. The van der Waals surface area contributed by atoms with Gasteiger partial charge in [0.05, 0.1) is 5.02 Å². The van der Waals surface area contributed by atoms with Gasteiger partial charge in [-0.2, -0.15) is 0 Å². The Labute approximate surface area is 124 Å². The first-order valence-corrected chi connectivity index (χ1v) is 7.05. The highest BCUT2D eigenvalue weighted by Gasteiger charge is 2.11. The minimum Gasteiger partial charge on any atom is -0.378 e. The highest BCUT2D eigenvalue weighted by Crippen LogP contribution is 2.28. The van der Waals surface area contributed by atoms with Crippen LogP contribution < -0.4 is 5.32 Å². The largest absolute Gasteiger partial charge is 0.378 e. The second kappa shape index (κ2) is 5.84. The maximum absolute atomic E-state index is 13.5. The lowest BCUT2D eigenvalue weighted by atomic mass is 10.0. The number of hydrogen-bond acceptors (Lipinski definition) is 1. The molecule has 2 rings (SSSR count). The van der Waals surface area contributed by atoms with Crippen molar-refractivity contribution >= 4 is 17.3 Å². The van der Waals surface area contributed by atoms with E-state index in [-0.39, 0.29) is 16.9 Å². The number of benzene rings is 2. The first kappa shape index (κ1) is 14.9. The number of aryl methyl sites for hydroxylation is 3. The summed E-state index contributed by atoms with van der Waals surface area (Å²) in [4.78, 5) is 0. The van der Waals surface area contributed by atoms with Crippen molar-refractivity contribution in [2.24, 2.45) is 0 Å². The van der Waals surface area contributed by atoms with Crippen LogP contribution in [0.2, 0.25) is 5.02 Å². The molecular formula is C17H19ClFN. The Balaban J connectivity index is 2.27. The van der Waals surface area contributed by atoms with Crippen molar-refractivity contribution in [1.29, 1.82) is 0 Å². The Morgan fingerprint density at radius 3 is 2.20 bits per heavy atom. The van der Waals surface area contributed by atoms with Crippen LogP contribution in [0.4, 0.5) is 10.1 Å². The standard InChI is InChI=1S/C17H19ClFN/c1-10-7-11(2)17(12(3)8-10)20-13(4)14-5-6-15(18)16(19)9-14/h5-9,13,20H,1-4H3. The normalized spacial score (nSPS) is 12.3. The fourth-order valence-corrected chi connectivity index (χ4v) is 2.61. The Morgan fingerprint density at radius 1 is 1.05 bits per heavy atom. The van der Waals surface area contributed by atoms with E-state index in [0.29, 0.717) is 0 Å². The van der Waals surface area contributed by atoms with Gasteiger partial charge < -0.3 is 5.32 Å². The SMILES string of the molecule is Cc1cc(C)c(NC(C)c2ccc(Cl)c(F)c2)c(C)c1. The molecular weight excluding hydrogens is 273 g/mol. The lowest BCUT2D eigenvalue weighted by molar-refractivity contribution is 0.624. The fraction of sp³-hybridized carbons (Fsp3) is 0.294. The van der Waals surface area contributed by atoms with E-state index < -0.39 is 0 Å². The van der Waals surface area contributed by atoms with Crippen LogP contribution in [-0.4, -0.2) is 0 Å². The summed E-state index contributed by atoms with van der Waals surface area (Å²) in [6.07, 6.45) is 0. The quantitative estimate of drug-likeness (QED) is 0.778. The first-order valence-electron chi connectivity index (χ1n) is 6.68. The van der Waals surface area contributed by atoms with Crippen LogP contribution in [0, 0.1) is 26.6 Å². The average molecular weight is 292 g/mol. The Hall–Kier alpha value is -1.54. The topological polar surface area (TPSA) is 12.0 Å². The molecule has 0 aliphatic rings. The molecule has 1 nitrogen and oxygen atoms in total. The summed E-state index contributed by atoms with van der Waals surface area (Å²) in [6, 6.07) is 9.23. The smallest absolute Gasteiger partial charge is 0.142 e. The third-order valence-corrected chi connectivity index (χ3v) is 3.79. The molecule has 106 valence electrons. The van der Waals surface area contributed by atoms with Crippen LogP contribution in [0.25, 0.3) is 0 Å². The molecule has 0 heterocycles. The summed E-state index contributed by atoms with van der Waals surface area (Å²) in [5.74, 6) is -0.379. The van der Waals surface area contributed by atoms with Gasteiger partial charge in [-0.15, -0.1) is 0 Å². The minimum atomic E-state index is -0.379. The summed E-state index contributed by atoms with van der Waals surface area (Å²) in [5, 5.41) is 3.62. The number of rotatable bonds is 3. The van der Waals surface area contributed by atoms with E-state index in [0.717, 1.165) is 11.3 Å². The molecule has 0 radical (unpaired) electrons. The van der Waals surface area contributed by atoms with Crippen LogP contribution >= 0.6 is 11.6 Å². The van der Waals surface area contributed by atoms with Crippen molar-refractivity contribution < 1.29 is 4.39 Å². The maximum atomic E-state index is 13.5. The molecule has 3 heteroatoms. The average Bonchev–Trinajstić information content (AvgIpc) is 2.36. The number of nitrogens with one attached hydrogen (secondary N) is 1. The summed E-state index contributed by atoms with van der Waals surface area (Å²) in [7, 11) is 0. The van der Waals surface area contributed by atoms with Gasteiger partial charge in [0.15, 0.2) is 0 Å². The summed E-state index contributed by atoms with van der Waals surface area (Å²) < 4.78 is 13.5. The zero-order valence-corrected chi connectivity index (χ0v) is 13.0. The van der Waals surface area contributed by atoms with Crippen molar-refractivity contribution in [3.63, 3.8) is 0 Å². The highest BCUT2D eigenvalue weighted by atomic mass is 35.5. The van der Waals surface area contributed by atoms with Crippen LogP contribution in [0.1, 0.15) is 35.2 Å². The number of hydrogen-bond donors (Lipinski definition) is 1. The van der Waals surface area contributed by atoms with Gasteiger partial charge in [-0.05, 0) is 56.5 Å². The van der Waals surface area contributed by atoms with Gasteiger partial charge in [-0.25, -0.2) is 4.39 Å². The van der Waals surface area contributed by atoms with Crippen molar-refractivity contribution in [2.45, 2.75) is 33.7 Å². The highest BCUT2D eigenvalue weighted by molar-refractivity contribution is 6.30. The van der Waals surface area contributed by atoms with E-state index in [1.165, 1.54) is 22.8 Å². The number of anilines is 1. The summed E-state index contributed by atoms with van der Waals surface area (Å²) in [5.41, 5.74) is 5.63. The lowest BCUT2D eigenvalue weighted by Gasteiger charge is -2.20. The van der Waals surface area contributed by atoms with Crippen molar-refractivity contribution in [3.8, 4) is 0 Å². The zero-order valence-electron chi connectivity index (χ0n) is 12.2. The molecule has 1 atom stereocenters. The molecule has 0 aromatic heterocycles. The van der Waals surface area contributed by atoms with E-state index in [2.05, 4.69) is 38.2 Å². The van der Waals surface area contributed by atoms with Crippen molar-refractivity contribution in [2.75, 3.05) is 5.32 Å². The Bertz CT molecular complexity index is 614. The van der Waals surface area contributed by atoms with Gasteiger partial charge in [0.2, 0.25) is 0 Å². The van der Waals surface area contributed by atoms with Crippen molar-refractivity contribution in [3.05, 3.63) is 63.4 Å². The molecule has 0 saturated heterocycles. The molecule has 0 bridgehead atoms. The molecule has 0 saturated carbocycles. The Kier molecular flexibility index (Phi) is 4.34. The van der Waals surface area contributed by atoms with Crippen LogP contribution in [0.5, 0.6) is 0 Å². The van der Waals surface area contributed by atoms with E-state index in [9.17, 15) is 4.39 Å². The molecule has 1 unspecified atom stereocenters. The number of halogens is 2. The first-order chi connectivity index (χ1) is 9.38. The molecule has 0 spiro atoms. The van der Waals surface area contributed by atoms with Crippen LogP contribution in [0.15, 0.2) is 30.3 Å². The minimum absolute atomic E-state index is 0.0156. The molecule has 2 aromatic carbocycles. The van der Waals surface area contributed by atoms with E-state index in [1.54, 1.807) is 6.07 Å². The molecule has 0 amide bonds. The zero-order chi connectivity index (χ0) is 14.9. The molecule has 20 heavy (non-hydrogen) atoms. The summed E-state index contributed by atoms with van der Waals surface area (Å²) in [6.45, 7) is 8.26. The van der Waals surface area contributed by atoms with Crippen LogP contribution in [-0.2, 0) is 0 Å². The van der Waals surface area contributed by atoms with E-state index >= 15 is 0 Å². The predicted octanol–water partition coefficient (Wildman–Crippen LogP) is 5.58.